The predicted molar refractivity (Wildman–Crippen MR) is 74.2 cm³/mol. The second-order valence-electron chi connectivity index (χ2n) is 5.07. The van der Waals surface area contributed by atoms with Crippen molar-refractivity contribution in [3.05, 3.63) is 0 Å². The van der Waals surface area contributed by atoms with Gasteiger partial charge in [-0.05, 0) is 50.7 Å². The average Bonchev–Trinajstić information content (AvgIpc) is 2.89. The molecule has 0 spiro atoms. The van der Waals surface area contributed by atoms with Crippen molar-refractivity contribution in [2.24, 2.45) is 0 Å². The molecule has 0 bridgehead atoms. The molecule has 2 heterocycles. The summed E-state index contributed by atoms with van der Waals surface area (Å²) in [5, 5.41) is 4.33. The van der Waals surface area contributed by atoms with Gasteiger partial charge in [0.15, 0.2) is 5.11 Å². The molecule has 0 aliphatic carbocycles. The van der Waals surface area contributed by atoms with Crippen LogP contribution < -0.4 is 5.32 Å². The normalized spacial score (nSPS) is 29.4. The highest BCUT2D eigenvalue weighted by atomic mass is 32.1. The number of hydrogen-bond donors (Lipinski definition) is 1. The van der Waals surface area contributed by atoms with E-state index < -0.39 is 0 Å². The zero-order valence-electron chi connectivity index (χ0n) is 10.8. The molecule has 0 aromatic carbocycles. The summed E-state index contributed by atoms with van der Waals surface area (Å²) in [4.78, 5) is 2.38. The highest BCUT2D eigenvalue weighted by Gasteiger charge is 2.23. The number of likely N-dealkylation sites (tertiary alicyclic amines) is 1. The summed E-state index contributed by atoms with van der Waals surface area (Å²) in [6.07, 6.45) is 7.85. The molecule has 0 saturated carbocycles. The van der Waals surface area contributed by atoms with Crippen LogP contribution in [-0.2, 0) is 4.74 Å². The Hall–Kier alpha value is -0.350. The minimum atomic E-state index is 0.373. The van der Waals surface area contributed by atoms with Crippen LogP contribution in [0.3, 0.4) is 0 Å². The van der Waals surface area contributed by atoms with E-state index in [9.17, 15) is 0 Å². The molecule has 4 heteroatoms. The SMILES string of the molecule is CCC1CCCCN1C(=S)NCC1CCCO1. The lowest BCUT2D eigenvalue weighted by Crippen LogP contribution is -2.49. The van der Waals surface area contributed by atoms with Crippen LogP contribution >= 0.6 is 12.2 Å². The molecular formula is C13H24N2OS. The third-order valence-electron chi connectivity index (χ3n) is 3.86. The highest BCUT2D eigenvalue weighted by Crippen LogP contribution is 2.19. The van der Waals surface area contributed by atoms with Gasteiger partial charge in [-0.1, -0.05) is 6.92 Å². The van der Waals surface area contributed by atoms with E-state index in [1.165, 1.54) is 38.5 Å². The third-order valence-corrected chi connectivity index (χ3v) is 4.24. The van der Waals surface area contributed by atoms with E-state index in [-0.39, 0.29) is 0 Å². The van der Waals surface area contributed by atoms with Crippen LogP contribution in [0.15, 0.2) is 0 Å². The Balaban J connectivity index is 1.76. The molecule has 2 unspecified atom stereocenters. The molecule has 1 N–H and O–H groups in total. The zero-order chi connectivity index (χ0) is 12.1. The topological polar surface area (TPSA) is 24.5 Å². The van der Waals surface area contributed by atoms with Gasteiger partial charge in [0.25, 0.3) is 0 Å². The Labute approximate surface area is 110 Å². The first-order valence-corrected chi connectivity index (χ1v) is 7.38. The number of hydrogen-bond acceptors (Lipinski definition) is 2. The molecule has 0 aromatic heterocycles. The molecule has 0 radical (unpaired) electrons. The van der Waals surface area contributed by atoms with Crippen molar-refractivity contribution in [3.8, 4) is 0 Å². The van der Waals surface area contributed by atoms with E-state index in [2.05, 4.69) is 17.1 Å². The number of thiocarbonyl (C=S) groups is 1. The van der Waals surface area contributed by atoms with Crippen molar-refractivity contribution in [1.82, 2.24) is 10.2 Å². The standard InChI is InChI=1S/C13H24N2OS/c1-2-11-6-3-4-8-15(11)13(17)14-10-12-7-5-9-16-12/h11-12H,2-10H2,1H3,(H,14,17). The molecule has 98 valence electrons. The molecule has 2 saturated heterocycles. The van der Waals surface area contributed by atoms with Crippen molar-refractivity contribution in [3.63, 3.8) is 0 Å². The first kappa shape index (κ1) is 13.1. The minimum Gasteiger partial charge on any atom is -0.376 e. The molecule has 0 amide bonds. The van der Waals surface area contributed by atoms with Crippen LogP contribution in [0, 0.1) is 0 Å². The van der Waals surface area contributed by atoms with Gasteiger partial charge >= 0.3 is 0 Å². The average molecular weight is 256 g/mol. The quantitative estimate of drug-likeness (QED) is 0.783. The molecule has 2 aliphatic heterocycles. The second kappa shape index (κ2) is 6.55. The number of nitrogens with zero attached hydrogens (tertiary/aromatic N) is 1. The summed E-state index contributed by atoms with van der Waals surface area (Å²) in [5.41, 5.74) is 0. The van der Waals surface area contributed by atoms with E-state index in [1.807, 2.05) is 0 Å². The first-order valence-electron chi connectivity index (χ1n) is 6.97. The van der Waals surface area contributed by atoms with Gasteiger partial charge in [-0.3, -0.25) is 0 Å². The van der Waals surface area contributed by atoms with E-state index in [0.29, 0.717) is 12.1 Å². The number of nitrogens with one attached hydrogen (secondary N) is 1. The molecule has 0 aromatic rings. The Morgan fingerprint density at radius 2 is 2.24 bits per heavy atom. The molecular weight excluding hydrogens is 232 g/mol. The lowest BCUT2D eigenvalue weighted by molar-refractivity contribution is 0.112. The fourth-order valence-electron chi connectivity index (χ4n) is 2.80. The van der Waals surface area contributed by atoms with Crippen LogP contribution in [0.25, 0.3) is 0 Å². The minimum absolute atomic E-state index is 0.373. The fourth-order valence-corrected chi connectivity index (χ4v) is 3.12. The third kappa shape index (κ3) is 3.55. The summed E-state index contributed by atoms with van der Waals surface area (Å²) in [6.45, 7) is 5.17. The van der Waals surface area contributed by atoms with Crippen LogP contribution in [0.1, 0.15) is 45.4 Å². The van der Waals surface area contributed by atoms with Crippen molar-refractivity contribution in [2.75, 3.05) is 19.7 Å². The largest absolute Gasteiger partial charge is 0.376 e. The fraction of sp³-hybridized carbons (Fsp3) is 0.923. The van der Waals surface area contributed by atoms with Crippen molar-refractivity contribution >= 4 is 17.3 Å². The maximum Gasteiger partial charge on any atom is 0.169 e. The zero-order valence-corrected chi connectivity index (χ0v) is 11.6. The maximum atomic E-state index is 5.60. The Bertz CT molecular complexity index is 254. The lowest BCUT2D eigenvalue weighted by atomic mass is 10.0. The predicted octanol–water partition coefficient (Wildman–Crippen LogP) is 2.30. The van der Waals surface area contributed by atoms with Gasteiger partial charge in [0.05, 0.1) is 6.10 Å². The van der Waals surface area contributed by atoms with Crippen LogP contribution in [0.5, 0.6) is 0 Å². The van der Waals surface area contributed by atoms with E-state index >= 15 is 0 Å². The van der Waals surface area contributed by atoms with Crippen LogP contribution in [-0.4, -0.2) is 41.9 Å². The van der Waals surface area contributed by atoms with Gasteiger partial charge in [-0.2, -0.15) is 0 Å². The summed E-state index contributed by atoms with van der Waals surface area (Å²) >= 11 is 5.51. The second-order valence-corrected chi connectivity index (χ2v) is 5.46. The van der Waals surface area contributed by atoms with Gasteiger partial charge in [0.1, 0.15) is 0 Å². The van der Waals surface area contributed by atoms with E-state index in [0.717, 1.165) is 24.8 Å². The summed E-state index contributed by atoms with van der Waals surface area (Å²) < 4.78 is 5.60. The van der Waals surface area contributed by atoms with Gasteiger partial charge in [-0.15, -0.1) is 0 Å². The molecule has 3 nitrogen and oxygen atoms in total. The molecule has 2 aliphatic rings. The van der Waals surface area contributed by atoms with Crippen LogP contribution in [0.2, 0.25) is 0 Å². The van der Waals surface area contributed by atoms with Gasteiger partial charge in [0.2, 0.25) is 0 Å². The molecule has 2 rings (SSSR count). The van der Waals surface area contributed by atoms with E-state index in [1.54, 1.807) is 0 Å². The Morgan fingerprint density at radius 1 is 1.35 bits per heavy atom. The summed E-state index contributed by atoms with van der Waals surface area (Å²) in [5.74, 6) is 0. The van der Waals surface area contributed by atoms with E-state index in [4.69, 9.17) is 17.0 Å². The van der Waals surface area contributed by atoms with Gasteiger partial charge in [0, 0.05) is 25.7 Å². The number of rotatable bonds is 3. The van der Waals surface area contributed by atoms with Crippen molar-refractivity contribution < 1.29 is 4.74 Å². The number of piperidine rings is 1. The monoisotopic (exact) mass is 256 g/mol. The van der Waals surface area contributed by atoms with Gasteiger partial charge < -0.3 is 15.0 Å². The summed E-state index contributed by atoms with van der Waals surface area (Å²) in [6, 6.07) is 0.647. The molecule has 17 heavy (non-hydrogen) atoms. The van der Waals surface area contributed by atoms with Crippen LogP contribution in [0.4, 0.5) is 0 Å². The Kier molecular flexibility index (Phi) is 5.04. The first-order chi connectivity index (χ1) is 8.31. The van der Waals surface area contributed by atoms with Crippen molar-refractivity contribution in [1.29, 1.82) is 0 Å². The smallest absolute Gasteiger partial charge is 0.169 e. The maximum absolute atomic E-state index is 5.60. The lowest BCUT2D eigenvalue weighted by Gasteiger charge is -2.37. The van der Waals surface area contributed by atoms with Crippen molar-refractivity contribution in [2.45, 2.75) is 57.6 Å². The molecule has 2 fully saturated rings. The highest BCUT2D eigenvalue weighted by molar-refractivity contribution is 7.80. The van der Waals surface area contributed by atoms with Gasteiger partial charge in [-0.25, -0.2) is 0 Å². The number of ether oxygens (including phenoxy) is 1. The molecule has 2 atom stereocenters. The Morgan fingerprint density at radius 3 is 2.94 bits per heavy atom. The summed E-state index contributed by atoms with van der Waals surface area (Å²) in [7, 11) is 0.